The average Bonchev–Trinajstić information content (AvgIpc) is 3.01. The van der Waals surface area contributed by atoms with Crippen molar-refractivity contribution in [3.8, 4) is 0 Å². The minimum absolute atomic E-state index is 0.931. The lowest BCUT2D eigenvalue weighted by molar-refractivity contribution is 0.716. The highest BCUT2D eigenvalue weighted by Crippen LogP contribution is 2.32. The minimum Gasteiger partial charge on any atom is -0.310 e. The van der Waals surface area contributed by atoms with E-state index in [1.54, 1.807) is 11.3 Å². The molecule has 0 bridgehead atoms. The number of nitrogens with zero attached hydrogens (tertiary/aromatic N) is 1. The van der Waals surface area contributed by atoms with E-state index in [1.165, 1.54) is 35.0 Å². The molecule has 1 N–H and O–H groups in total. The molecule has 0 saturated heterocycles. The van der Waals surface area contributed by atoms with E-state index in [0.717, 1.165) is 25.4 Å². The molecular formula is C12H20N2S2. The van der Waals surface area contributed by atoms with Crippen LogP contribution < -0.4 is 5.32 Å². The first-order valence-electron chi connectivity index (χ1n) is 6.10. The van der Waals surface area contributed by atoms with Gasteiger partial charge in [-0.05, 0) is 30.9 Å². The second kappa shape index (κ2) is 6.62. The second-order valence-electron chi connectivity index (χ2n) is 4.28. The number of rotatable bonds is 8. The van der Waals surface area contributed by atoms with E-state index in [4.69, 9.17) is 0 Å². The van der Waals surface area contributed by atoms with Crippen LogP contribution in [0.2, 0.25) is 0 Å². The molecule has 0 aromatic carbocycles. The lowest BCUT2D eigenvalue weighted by atomic mass is 10.4. The fourth-order valence-corrected chi connectivity index (χ4v) is 3.35. The number of nitrogens with one attached hydrogen (secondary N) is 1. The van der Waals surface area contributed by atoms with Gasteiger partial charge < -0.3 is 5.32 Å². The van der Waals surface area contributed by atoms with Crippen molar-refractivity contribution in [3.05, 3.63) is 16.1 Å². The van der Waals surface area contributed by atoms with E-state index < -0.39 is 0 Å². The molecular weight excluding hydrogens is 236 g/mol. The van der Waals surface area contributed by atoms with Gasteiger partial charge >= 0.3 is 0 Å². The van der Waals surface area contributed by atoms with E-state index in [0.29, 0.717) is 0 Å². The maximum atomic E-state index is 4.53. The van der Waals surface area contributed by atoms with Gasteiger partial charge in [0.25, 0.3) is 0 Å². The van der Waals surface area contributed by atoms with Gasteiger partial charge in [0.05, 0.1) is 10.7 Å². The van der Waals surface area contributed by atoms with Gasteiger partial charge in [-0.25, -0.2) is 4.98 Å². The molecule has 0 unspecified atom stereocenters. The Balaban J connectivity index is 1.49. The Morgan fingerprint density at radius 1 is 1.56 bits per heavy atom. The molecule has 4 heteroatoms. The van der Waals surface area contributed by atoms with Crippen molar-refractivity contribution in [2.45, 2.75) is 32.7 Å². The molecule has 2 rings (SSSR count). The maximum absolute atomic E-state index is 4.53. The van der Waals surface area contributed by atoms with Crippen molar-refractivity contribution in [2.75, 3.05) is 18.1 Å². The zero-order valence-corrected chi connectivity index (χ0v) is 11.5. The number of aryl methyl sites for hydroxylation is 1. The molecule has 90 valence electrons. The molecule has 0 amide bonds. The van der Waals surface area contributed by atoms with Crippen LogP contribution in [0.15, 0.2) is 5.38 Å². The van der Waals surface area contributed by atoms with Crippen LogP contribution in [0.25, 0.3) is 0 Å². The van der Waals surface area contributed by atoms with Crippen LogP contribution in [-0.2, 0) is 13.0 Å². The highest BCUT2D eigenvalue weighted by molar-refractivity contribution is 7.99. The lowest BCUT2D eigenvalue weighted by Gasteiger charge is -2.02. The van der Waals surface area contributed by atoms with Crippen LogP contribution in [0.1, 0.15) is 30.5 Å². The van der Waals surface area contributed by atoms with Crippen LogP contribution in [-0.4, -0.2) is 23.0 Å². The predicted molar refractivity (Wildman–Crippen MR) is 73.2 cm³/mol. The lowest BCUT2D eigenvalue weighted by Crippen LogP contribution is -2.17. The Labute approximate surface area is 106 Å². The SMILES string of the molecule is CCc1nc(CNCCSCC2CC2)cs1. The molecule has 0 aliphatic heterocycles. The first-order valence-corrected chi connectivity index (χ1v) is 8.13. The third-order valence-corrected chi connectivity index (χ3v) is 4.92. The zero-order valence-electron chi connectivity index (χ0n) is 9.87. The molecule has 0 atom stereocenters. The molecule has 1 aliphatic carbocycles. The van der Waals surface area contributed by atoms with Crippen molar-refractivity contribution >= 4 is 23.1 Å². The monoisotopic (exact) mass is 256 g/mol. The summed E-state index contributed by atoms with van der Waals surface area (Å²) < 4.78 is 0. The van der Waals surface area contributed by atoms with E-state index >= 15 is 0 Å². The van der Waals surface area contributed by atoms with Gasteiger partial charge in [0.1, 0.15) is 0 Å². The molecule has 1 aliphatic rings. The average molecular weight is 256 g/mol. The summed E-state index contributed by atoms with van der Waals surface area (Å²) in [5, 5.41) is 6.88. The molecule has 0 radical (unpaired) electrons. The van der Waals surface area contributed by atoms with Crippen LogP contribution in [0.4, 0.5) is 0 Å². The van der Waals surface area contributed by atoms with Crippen molar-refractivity contribution in [2.24, 2.45) is 5.92 Å². The summed E-state index contributed by atoms with van der Waals surface area (Å²) in [6, 6.07) is 0. The van der Waals surface area contributed by atoms with Gasteiger partial charge in [0.2, 0.25) is 0 Å². The summed E-state index contributed by atoms with van der Waals surface area (Å²) in [4.78, 5) is 4.53. The number of hydrogen-bond acceptors (Lipinski definition) is 4. The standard InChI is InChI=1S/C12H20N2S2/c1-2-12-14-11(9-16-12)7-13-5-6-15-8-10-3-4-10/h9-10,13H,2-8H2,1H3. The van der Waals surface area contributed by atoms with Gasteiger partial charge in [-0.15, -0.1) is 11.3 Å². The molecule has 16 heavy (non-hydrogen) atoms. The Bertz CT molecular complexity index is 308. The van der Waals surface area contributed by atoms with Crippen molar-refractivity contribution < 1.29 is 0 Å². The van der Waals surface area contributed by atoms with Crippen LogP contribution in [0.5, 0.6) is 0 Å². The Morgan fingerprint density at radius 2 is 2.44 bits per heavy atom. The third kappa shape index (κ3) is 4.44. The third-order valence-electron chi connectivity index (χ3n) is 2.68. The van der Waals surface area contributed by atoms with E-state index in [-0.39, 0.29) is 0 Å². The van der Waals surface area contributed by atoms with Crippen molar-refractivity contribution in [3.63, 3.8) is 0 Å². The van der Waals surface area contributed by atoms with Gasteiger partial charge in [-0.3, -0.25) is 0 Å². The molecule has 0 spiro atoms. The van der Waals surface area contributed by atoms with Crippen molar-refractivity contribution in [1.82, 2.24) is 10.3 Å². The number of thiazole rings is 1. The molecule has 1 fully saturated rings. The van der Waals surface area contributed by atoms with E-state index in [1.807, 2.05) is 0 Å². The first-order chi connectivity index (χ1) is 7.88. The van der Waals surface area contributed by atoms with Gasteiger partial charge in [0, 0.05) is 24.2 Å². The minimum atomic E-state index is 0.931. The predicted octanol–water partition coefficient (Wildman–Crippen LogP) is 2.94. The maximum Gasteiger partial charge on any atom is 0.0926 e. The second-order valence-corrected chi connectivity index (χ2v) is 6.37. The van der Waals surface area contributed by atoms with Gasteiger partial charge in [0.15, 0.2) is 0 Å². The van der Waals surface area contributed by atoms with E-state index in [2.05, 4.69) is 34.4 Å². The summed E-state index contributed by atoms with van der Waals surface area (Å²) in [6.07, 6.45) is 4.00. The zero-order chi connectivity index (χ0) is 11.2. The van der Waals surface area contributed by atoms with Crippen molar-refractivity contribution in [1.29, 1.82) is 0 Å². The highest BCUT2D eigenvalue weighted by Gasteiger charge is 2.20. The normalized spacial score (nSPS) is 15.6. The topological polar surface area (TPSA) is 24.9 Å². The summed E-state index contributed by atoms with van der Waals surface area (Å²) in [7, 11) is 0. The van der Waals surface area contributed by atoms with Crippen LogP contribution in [0.3, 0.4) is 0 Å². The number of aromatic nitrogens is 1. The molecule has 1 aromatic rings. The summed E-state index contributed by atoms with van der Waals surface area (Å²) in [6.45, 7) is 4.20. The summed E-state index contributed by atoms with van der Waals surface area (Å²) >= 11 is 3.86. The van der Waals surface area contributed by atoms with Gasteiger partial charge in [-0.2, -0.15) is 11.8 Å². The fourth-order valence-electron chi connectivity index (χ4n) is 1.49. The Hall–Kier alpha value is -0.0600. The first kappa shape index (κ1) is 12.4. The van der Waals surface area contributed by atoms with Crippen LogP contribution in [0, 0.1) is 5.92 Å². The molecule has 1 saturated carbocycles. The van der Waals surface area contributed by atoms with E-state index in [9.17, 15) is 0 Å². The fraction of sp³-hybridized carbons (Fsp3) is 0.750. The quantitative estimate of drug-likeness (QED) is 0.724. The summed E-state index contributed by atoms with van der Waals surface area (Å²) in [5.74, 6) is 3.66. The number of thioether (sulfide) groups is 1. The van der Waals surface area contributed by atoms with Gasteiger partial charge in [-0.1, -0.05) is 6.92 Å². The smallest absolute Gasteiger partial charge is 0.0926 e. The largest absolute Gasteiger partial charge is 0.310 e. The number of hydrogen-bond donors (Lipinski definition) is 1. The summed E-state index contributed by atoms with van der Waals surface area (Å²) in [5.41, 5.74) is 1.20. The van der Waals surface area contributed by atoms with Crippen LogP contribution >= 0.6 is 23.1 Å². The Morgan fingerprint density at radius 3 is 3.12 bits per heavy atom. The molecule has 2 nitrogen and oxygen atoms in total. The molecule has 1 heterocycles. The highest BCUT2D eigenvalue weighted by atomic mass is 32.2. The Kier molecular flexibility index (Phi) is 5.13. The molecule has 1 aromatic heterocycles.